The highest BCUT2D eigenvalue weighted by Crippen LogP contribution is 2.30. The van der Waals surface area contributed by atoms with Crippen LogP contribution in [0.3, 0.4) is 0 Å². The van der Waals surface area contributed by atoms with Gasteiger partial charge in [0.05, 0.1) is 11.6 Å². The lowest BCUT2D eigenvalue weighted by molar-refractivity contribution is 0.196. The van der Waals surface area contributed by atoms with Crippen molar-refractivity contribution in [3.8, 4) is 0 Å². The Morgan fingerprint density at radius 2 is 1.88 bits per heavy atom. The number of hydrogen-bond acceptors (Lipinski definition) is 5. The largest absolute Gasteiger partial charge is 0.390 e. The van der Waals surface area contributed by atoms with E-state index in [1.165, 1.54) is 11.1 Å². The standard InChI is InChI=1S/C21H24N4O/c22-12-17(26)13-23-20-11-21(24-19-8-4-3-7-18(19)20)25-10-9-15-5-1-2-6-16(15)14-25/h1-8,11,17,26H,9-10,12-14,22H2,(H,23,24)/t17-/m0/s1. The zero-order valence-electron chi connectivity index (χ0n) is 14.7. The quantitative estimate of drug-likeness (QED) is 0.661. The third-order valence-electron chi connectivity index (χ3n) is 4.96. The van der Waals surface area contributed by atoms with Gasteiger partial charge in [0.2, 0.25) is 0 Å². The number of rotatable bonds is 5. The Hall–Kier alpha value is -2.63. The topological polar surface area (TPSA) is 74.4 Å². The van der Waals surface area contributed by atoms with Crippen molar-refractivity contribution in [1.29, 1.82) is 0 Å². The van der Waals surface area contributed by atoms with Crippen LogP contribution in [0.2, 0.25) is 0 Å². The number of anilines is 2. The summed E-state index contributed by atoms with van der Waals surface area (Å²) in [6.07, 6.45) is 0.464. The van der Waals surface area contributed by atoms with Crippen LogP contribution in [0.25, 0.3) is 10.9 Å². The molecule has 0 bridgehead atoms. The van der Waals surface area contributed by atoms with Crippen molar-refractivity contribution in [2.24, 2.45) is 5.73 Å². The highest BCUT2D eigenvalue weighted by Gasteiger charge is 2.18. The molecule has 0 saturated carbocycles. The van der Waals surface area contributed by atoms with Gasteiger partial charge in [0.1, 0.15) is 5.82 Å². The summed E-state index contributed by atoms with van der Waals surface area (Å²) in [7, 11) is 0. The second kappa shape index (κ2) is 7.32. The molecular formula is C21H24N4O. The monoisotopic (exact) mass is 348 g/mol. The molecule has 26 heavy (non-hydrogen) atoms. The first-order chi connectivity index (χ1) is 12.7. The van der Waals surface area contributed by atoms with E-state index >= 15 is 0 Å². The van der Waals surface area contributed by atoms with E-state index in [9.17, 15) is 5.11 Å². The number of nitrogens with zero attached hydrogens (tertiary/aromatic N) is 2. The Labute approximate surface area is 153 Å². The Morgan fingerprint density at radius 1 is 1.12 bits per heavy atom. The van der Waals surface area contributed by atoms with Crippen molar-refractivity contribution in [2.75, 3.05) is 29.9 Å². The van der Waals surface area contributed by atoms with Gasteiger partial charge in [-0.25, -0.2) is 4.98 Å². The van der Waals surface area contributed by atoms with E-state index in [2.05, 4.69) is 46.6 Å². The minimum Gasteiger partial charge on any atom is -0.390 e. The molecule has 5 heteroatoms. The van der Waals surface area contributed by atoms with Gasteiger partial charge < -0.3 is 21.1 Å². The van der Waals surface area contributed by atoms with Gasteiger partial charge in [-0.2, -0.15) is 0 Å². The van der Waals surface area contributed by atoms with Crippen LogP contribution in [-0.2, 0) is 13.0 Å². The number of aliphatic hydroxyl groups is 1. The highest BCUT2D eigenvalue weighted by molar-refractivity contribution is 5.93. The van der Waals surface area contributed by atoms with Gasteiger partial charge in [0.25, 0.3) is 0 Å². The molecule has 1 aliphatic heterocycles. The molecular weight excluding hydrogens is 324 g/mol. The molecule has 1 aromatic heterocycles. The molecule has 0 unspecified atom stereocenters. The Morgan fingerprint density at radius 3 is 2.73 bits per heavy atom. The normalized spacial score (nSPS) is 14.9. The van der Waals surface area contributed by atoms with Crippen molar-refractivity contribution in [2.45, 2.75) is 19.1 Å². The summed E-state index contributed by atoms with van der Waals surface area (Å²) in [5.41, 5.74) is 10.3. The van der Waals surface area contributed by atoms with E-state index in [1.54, 1.807) is 0 Å². The molecule has 2 heterocycles. The van der Waals surface area contributed by atoms with E-state index < -0.39 is 6.10 Å². The minimum absolute atomic E-state index is 0.242. The van der Waals surface area contributed by atoms with Crippen LogP contribution in [0, 0.1) is 0 Å². The van der Waals surface area contributed by atoms with Gasteiger partial charge in [-0.15, -0.1) is 0 Å². The van der Waals surface area contributed by atoms with Crippen LogP contribution in [0.4, 0.5) is 11.5 Å². The Balaban J connectivity index is 1.67. The van der Waals surface area contributed by atoms with Crippen LogP contribution < -0.4 is 16.0 Å². The third-order valence-corrected chi connectivity index (χ3v) is 4.96. The molecule has 0 radical (unpaired) electrons. The fourth-order valence-electron chi connectivity index (χ4n) is 3.47. The van der Waals surface area contributed by atoms with Gasteiger partial charge in [0.15, 0.2) is 0 Å². The van der Waals surface area contributed by atoms with Crippen molar-refractivity contribution < 1.29 is 5.11 Å². The lowest BCUT2D eigenvalue weighted by Gasteiger charge is -2.30. The number of aromatic nitrogens is 1. The lowest BCUT2D eigenvalue weighted by Crippen LogP contribution is -2.31. The van der Waals surface area contributed by atoms with Gasteiger partial charge in [0, 0.05) is 43.3 Å². The van der Waals surface area contributed by atoms with E-state index in [0.717, 1.165) is 41.9 Å². The van der Waals surface area contributed by atoms with Crippen LogP contribution in [0.15, 0.2) is 54.6 Å². The van der Waals surface area contributed by atoms with Crippen LogP contribution in [0.5, 0.6) is 0 Å². The summed E-state index contributed by atoms with van der Waals surface area (Å²) >= 11 is 0. The number of nitrogens with two attached hydrogens (primary N) is 1. The number of hydrogen-bond donors (Lipinski definition) is 3. The number of nitrogens with one attached hydrogen (secondary N) is 1. The number of para-hydroxylation sites is 1. The number of aliphatic hydroxyl groups excluding tert-OH is 1. The number of fused-ring (bicyclic) bond motifs is 2. The second-order valence-electron chi connectivity index (χ2n) is 6.76. The molecule has 1 aliphatic rings. The maximum absolute atomic E-state index is 9.81. The van der Waals surface area contributed by atoms with E-state index in [-0.39, 0.29) is 6.54 Å². The Bertz CT molecular complexity index is 911. The lowest BCUT2D eigenvalue weighted by atomic mass is 10.00. The van der Waals surface area contributed by atoms with Crippen molar-refractivity contribution in [1.82, 2.24) is 4.98 Å². The van der Waals surface area contributed by atoms with Gasteiger partial charge in [-0.1, -0.05) is 42.5 Å². The fourth-order valence-corrected chi connectivity index (χ4v) is 3.47. The third kappa shape index (κ3) is 3.36. The zero-order valence-corrected chi connectivity index (χ0v) is 14.7. The SMILES string of the molecule is NC[C@H](O)CNc1cc(N2CCc3ccccc3C2)nc2ccccc12. The molecule has 134 valence electrons. The summed E-state index contributed by atoms with van der Waals surface area (Å²) in [6, 6.07) is 18.8. The summed E-state index contributed by atoms with van der Waals surface area (Å²) in [6.45, 7) is 2.48. The second-order valence-corrected chi connectivity index (χ2v) is 6.76. The zero-order chi connectivity index (χ0) is 17.9. The van der Waals surface area contributed by atoms with E-state index in [1.807, 2.05) is 18.2 Å². The maximum atomic E-state index is 9.81. The predicted molar refractivity (Wildman–Crippen MR) is 106 cm³/mol. The van der Waals surface area contributed by atoms with Gasteiger partial charge in [-0.05, 0) is 23.6 Å². The van der Waals surface area contributed by atoms with Gasteiger partial charge in [-0.3, -0.25) is 0 Å². The summed E-state index contributed by atoms with van der Waals surface area (Å²) in [5, 5.41) is 14.2. The molecule has 0 fully saturated rings. The van der Waals surface area contributed by atoms with E-state index in [0.29, 0.717) is 6.54 Å². The summed E-state index contributed by atoms with van der Waals surface area (Å²) in [5.74, 6) is 0.961. The smallest absolute Gasteiger partial charge is 0.131 e. The number of benzene rings is 2. The fraction of sp³-hybridized carbons (Fsp3) is 0.286. The first-order valence-corrected chi connectivity index (χ1v) is 9.08. The van der Waals surface area contributed by atoms with Crippen LogP contribution in [0.1, 0.15) is 11.1 Å². The molecule has 0 spiro atoms. The molecule has 0 amide bonds. The van der Waals surface area contributed by atoms with Crippen molar-refractivity contribution in [3.05, 3.63) is 65.7 Å². The molecule has 0 aliphatic carbocycles. The van der Waals surface area contributed by atoms with Crippen LogP contribution in [-0.4, -0.2) is 35.8 Å². The summed E-state index contributed by atoms with van der Waals surface area (Å²) < 4.78 is 0. The molecule has 4 rings (SSSR count). The number of pyridine rings is 1. The highest BCUT2D eigenvalue weighted by atomic mass is 16.3. The van der Waals surface area contributed by atoms with Crippen molar-refractivity contribution >= 4 is 22.4 Å². The summed E-state index contributed by atoms with van der Waals surface area (Å²) in [4.78, 5) is 7.20. The van der Waals surface area contributed by atoms with E-state index in [4.69, 9.17) is 10.7 Å². The molecule has 3 aromatic rings. The molecule has 4 N–H and O–H groups in total. The Kier molecular flexibility index (Phi) is 4.73. The maximum Gasteiger partial charge on any atom is 0.131 e. The van der Waals surface area contributed by atoms with Crippen molar-refractivity contribution in [3.63, 3.8) is 0 Å². The molecule has 1 atom stereocenters. The molecule has 0 saturated heterocycles. The molecule has 2 aromatic carbocycles. The predicted octanol–water partition coefficient (Wildman–Crippen LogP) is 2.53. The molecule has 5 nitrogen and oxygen atoms in total. The average Bonchev–Trinajstić information content (AvgIpc) is 2.71. The minimum atomic E-state index is -0.563. The average molecular weight is 348 g/mol. The first kappa shape index (κ1) is 16.8. The van der Waals surface area contributed by atoms with Crippen LogP contribution >= 0.6 is 0 Å². The van der Waals surface area contributed by atoms with Gasteiger partial charge >= 0.3 is 0 Å². The first-order valence-electron chi connectivity index (χ1n) is 9.08.